The topological polar surface area (TPSA) is 87.9 Å². The Morgan fingerprint density at radius 1 is 1.16 bits per heavy atom. The van der Waals surface area contributed by atoms with Crippen LogP contribution in [0.4, 0.5) is 0 Å². The van der Waals surface area contributed by atoms with Gasteiger partial charge in [-0.2, -0.15) is 5.10 Å². The zero-order chi connectivity index (χ0) is 22.1. The highest BCUT2D eigenvalue weighted by Gasteiger charge is 2.48. The summed E-state index contributed by atoms with van der Waals surface area (Å²) in [5.74, 6) is -0.150. The molecule has 0 radical (unpaired) electrons. The Morgan fingerprint density at radius 2 is 1.84 bits per heavy atom. The van der Waals surface area contributed by atoms with E-state index in [9.17, 15) is 14.7 Å². The first-order valence-electron chi connectivity index (χ1n) is 10.8. The first-order chi connectivity index (χ1) is 14.9. The van der Waals surface area contributed by atoms with Gasteiger partial charge in [0.05, 0.1) is 31.5 Å². The molecule has 0 unspecified atom stereocenters. The van der Waals surface area contributed by atoms with Gasteiger partial charge >= 0.3 is 0 Å². The number of ether oxygens (including phenoxy) is 1. The monoisotopic (exact) mass is 426 g/mol. The van der Waals surface area contributed by atoms with E-state index < -0.39 is 6.10 Å². The molecule has 2 aliphatic heterocycles. The molecule has 2 bridgehead atoms. The molecule has 2 aliphatic rings. The van der Waals surface area contributed by atoms with Crippen LogP contribution in [0, 0.1) is 0 Å². The molecule has 0 aliphatic carbocycles. The van der Waals surface area contributed by atoms with E-state index in [0.29, 0.717) is 25.4 Å². The number of aliphatic hydroxyl groups is 1. The molecular weight excluding hydrogens is 396 g/mol. The molecule has 2 aromatic rings. The number of aromatic nitrogens is 2. The molecule has 1 aromatic carbocycles. The number of hydrogen-bond donors (Lipinski definition) is 1. The lowest BCUT2D eigenvalue weighted by Crippen LogP contribution is -2.53. The van der Waals surface area contributed by atoms with E-state index in [4.69, 9.17) is 4.74 Å². The first kappa shape index (κ1) is 21.5. The molecule has 8 heteroatoms. The zero-order valence-electron chi connectivity index (χ0n) is 18.3. The molecule has 0 saturated carbocycles. The second-order valence-electron chi connectivity index (χ2n) is 8.73. The van der Waals surface area contributed by atoms with Crippen LogP contribution in [-0.2, 0) is 23.2 Å². The molecule has 1 N–H and O–H groups in total. The predicted octanol–water partition coefficient (Wildman–Crippen LogP) is 1.55. The van der Waals surface area contributed by atoms with Crippen LogP contribution in [0.3, 0.4) is 0 Å². The van der Waals surface area contributed by atoms with Crippen molar-refractivity contribution in [3.8, 4) is 0 Å². The number of carbonyl (C=O) groups excluding carboxylic acids is 2. The maximum atomic E-state index is 13.2. The Kier molecular flexibility index (Phi) is 6.11. The molecule has 0 spiro atoms. The minimum Gasteiger partial charge on any atom is -0.381 e. The highest BCUT2D eigenvalue weighted by molar-refractivity contribution is 5.95. The van der Waals surface area contributed by atoms with Gasteiger partial charge in [0.15, 0.2) is 6.10 Å². The molecule has 3 atom stereocenters. The van der Waals surface area contributed by atoms with Crippen molar-refractivity contribution >= 4 is 11.8 Å². The van der Waals surface area contributed by atoms with Crippen molar-refractivity contribution in [1.29, 1.82) is 0 Å². The summed E-state index contributed by atoms with van der Waals surface area (Å²) in [6.45, 7) is 5.33. The second kappa shape index (κ2) is 8.80. The van der Waals surface area contributed by atoms with Crippen LogP contribution in [-0.4, -0.2) is 74.4 Å². The van der Waals surface area contributed by atoms with Gasteiger partial charge in [0, 0.05) is 25.7 Å². The summed E-state index contributed by atoms with van der Waals surface area (Å²) in [5, 5.41) is 14.6. The number of benzene rings is 1. The lowest BCUT2D eigenvalue weighted by atomic mass is 10.0. The van der Waals surface area contributed by atoms with Crippen molar-refractivity contribution in [2.24, 2.45) is 7.05 Å². The second-order valence-corrected chi connectivity index (χ2v) is 8.73. The molecule has 4 rings (SSSR count). The summed E-state index contributed by atoms with van der Waals surface area (Å²) in [7, 11) is 1.79. The van der Waals surface area contributed by atoms with Crippen LogP contribution in [0.5, 0.6) is 0 Å². The Balaban J connectivity index is 1.33. The Hall–Kier alpha value is -2.71. The van der Waals surface area contributed by atoms with E-state index in [-0.39, 0.29) is 36.4 Å². The third-order valence-corrected chi connectivity index (χ3v) is 6.25. The maximum absolute atomic E-state index is 13.2. The van der Waals surface area contributed by atoms with E-state index in [1.165, 1.54) is 0 Å². The summed E-state index contributed by atoms with van der Waals surface area (Å²) < 4.78 is 7.17. The molecule has 2 amide bonds. The van der Waals surface area contributed by atoms with Crippen molar-refractivity contribution in [3.63, 3.8) is 0 Å². The SMILES string of the molecule is CC(C)c1cnn(C)c1C(=O)N1C[C@@H]2C[C@H]1CN2C(=O)[C@@H](O)COCc1ccccc1. The minimum atomic E-state index is -1.20. The lowest BCUT2D eigenvalue weighted by molar-refractivity contribution is -0.145. The summed E-state index contributed by atoms with van der Waals surface area (Å²) >= 11 is 0. The Morgan fingerprint density at radius 3 is 2.48 bits per heavy atom. The standard InChI is InChI=1S/C23H30N4O4/c1-15(2)19-10-24-25(3)21(19)23(30)27-12-17-9-18(27)11-26(17)22(29)20(28)14-31-13-16-7-5-4-6-8-16/h4-8,10,15,17-18,20,28H,9,11-14H2,1-3H3/t17-,18-,20-/m0/s1. The molecule has 166 valence electrons. The third-order valence-electron chi connectivity index (χ3n) is 6.25. The van der Waals surface area contributed by atoms with Crippen LogP contribution in [0.25, 0.3) is 0 Å². The van der Waals surface area contributed by atoms with E-state index in [1.54, 1.807) is 22.8 Å². The van der Waals surface area contributed by atoms with Crippen LogP contribution >= 0.6 is 0 Å². The number of likely N-dealkylation sites (tertiary alicyclic amines) is 2. The molecule has 1 aromatic heterocycles. The fourth-order valence-electron chi connectivity index (χ4n) is 4.59. The van der Waals surface area contributed by atoms with E-state index >= 15 is 0 Å². The number of fused-ring (bicyclic) bond motifs is 2. The van der Waals surface area contributed by atoms with Gasteiger partial charge in [-0.05, 0) is 17.9 Å². The van der Waals surface area contributed by atoms with Crippen molar-refractivity contribution in [2.45, 2.75) is 51.0 Å². The van der Waals surface area contributed by atoms with Gasteiger partial charge in [-0.1, -0.05) is 44.2 Å². The van der Waals surface area contributed by atoms with Crippen molar-refractivity contribution in [1.82, 2.24) is 19.6 Å². The number of carbonyl (C=O) groups is 2. The van der Waals surface area contributed by atoms with Gasteiger partial charge in [0.1, 0.15) is 5.69 Å². The molecule has 8 nitrogen and oxygen atoms in total. The summed E-state index contributed by atoms with van der Waals surface area (Å²) in [6, 6.07) is 9.54. The quantitative estimate of drug-likeness (QED) is 0.726. The first-order valence-corrected chi connectivity index (χ1v) is 10.8. The zero-order valence-corrected chi connectivity index (χ0v) is 18.3. The normalized spacial score (nSPS) is 21.2. The van der Waals surface area contributed by atoms with E-state index in [1.807, 2.05) is 49.1 Å². The van der Waals surface area contributed by atoms with Gasteiger partial charge in [-0.3, -0.25) is 14.3 Å². The number of aryl methyl sites for hydroxylation is 1. The van der Waals surface area contributed by atoms with Gasteiger partial charge < -0.3 is 19.6 Å². The van der Waals surface area contributed by atoms with E-state index in [2.05, 4.69) is 5.10 Å². The van der Waals surface area contributed by atoms with Crippen molar-refractivity contribution in [3.05, 3.63) is 53.3 Å². The smallest absolute Gasteiger partial charge is 0.272 e. The summed E-state index contributed by atoms with van der Waals surface area (Å²) in [4.78, 5) is 29.5. The highest BCUT2D eigenvalue weighted by Crippen LogP contribution is 2.33. The molecular formula is C23H30N4O4. The average Bonchev–Trinajstić information content (AvgIpc) is 3.47. The molecule has 3 heterocycles. The highest BCUT2D eigenvalue weighted by atomic mass is 16.5. The van der Waals surface area contributed by atoms with Gasteiger partial charge in [0.25, 0.3) is 11.8 Å². The number of nitrogens with zero attached hydrogens (tertiary/aromatic N) is 4. The number of piperazine rings is 1. The maximum Gasteiger partial charge on any atom is 0.272 e. The minimum absolute atomic E-state index is 0.0324. The molecule has 2 saturated heterocycles. The van der Waals surface area contributed by atoms with E-state index in [0.717, 1.165) is 17.5 Å². The Bertz CT molecular complexity index is 942. The third kappa shape index (κ3) is 4.22. The number of hydrogen-bond acceptors (Lipinski definition) is 5. The van der Waals surface area contributed by atoms with Crippen LogP contribution < -0.4 is 0 Å². The average molecular weight is 427 g/mol. The molecule has 2 fully saturated rings. The predicted molar refractivity (Wildman–Crippen MR) is 114 cm³/mol. The van der Waals surface area contributed by atoms with Crippen LogP contribution in [0.1, 0.15) is 47.8 Å². The van der Waals surface area contributed by atoms with Gasteiger partial charge in [0.2, 0.25) is 0 Å². The lowest BCUT2D eigenvalue weighted by Gasteiger charge is -2.35. The summed E-state index contributed by atoms with van der Waals surface area (Å²) in [6.07, 6.45) is 1.30. The largest absolute Gasteiger partial charge is 0.381 e. The fourth-order valence-corrected chi connectivity index (χ4v) is 4.59. The van der Waals surface area contributed by atoms with Crippen LogP contribution in [0.15, 0.2) is 36.5 Å². The van der Waals surface area contributed by atoms with Gasteiger partial charge in [-0.15, -0.1) is 0 Å². The summed E-state index contributed by atoms with van der Waals surface area (Å²) in [5.41, 5.74) is 2.55. The number of aliphatic hydroxyl groups excluding tert-OH is 1. The van der Waals surface area contributed by atoms with Gasteiger partial charge in [-0.25, -0.2) is 0 Å². The number of rotatable bonds is 7. The fraction of sp³-hybridized carbons (Fsp3) is 0.522. The number of amides is 2. The molecule has 31 heavy (non-hydrogen) atoms. The van der Waals surface area contributed by atoms with Crippen molar-refractivity contribution in [2.75, 3.05) is 19.7 Å². The van der Waals surface area contributed by atoms with Crippen LogP contribution in [0.2, 0.25) is 0 Å². The van der Waals surface area contributed by atoms with Crippen molar-refractivity contribution < 1.29 is 19.4 Å². The Labute approximate surface area is 182 Å².